The van der Waals surface area contributed by atoms with Gasteiger partial charge in [-0.3, -0.25) is 4.79 Å². The van der Waals surface area contributed by atoms with Gasteiger partial charge in [0.1, 0.15) is 5.25 Å². The Bertz CT molecular complexity index is 645. The van der Waals surface area contributed by atoms with Crippen LogP contribution in [0.3, 0.4) is 0 Å². The molecular weight excluding hydrogens is 352 g/mol. The number of piperidine rings is 1. The summed E-state index contributed by atoms with van der Waals surface area (Å²) in [5, 5.41) is 3.14. The Morgan fingerprint density at radius 1 is 1.04 bits per heavy atom. The Labute approximate surface area is 160 Å². The minimum atomic E-state index is -0.181. The molecule has 1 aliphatic rings. The van der Waals surface area contributed by atoms with Crippen LogP contribution >= 0.6 is 24.2 Å². The fraction of sp³-hybridized carbons (Fsp3) is 0.350. The van der Waals surface area contributed by atoms with Gasteiger partial charge >= 0.3 is 0 Å². The lowest BCUT2D eigenvalue weighted by atomic mass is 10.0. The fourth-order valence-corrected chi connectivity index (χ4v) is 4.21. The Kier molecular flexibility index (Phi) is 7.82. The monoisotopic (exact) mass is 376 g/mol. The van der Waals surface area contributed by atoms with E-state index in [0.717, 1.165) is 36.4 Å². The summed E-state index contributed by atoms with van der Waals surface area (Å²) in [6, 6.07) is 20.8. The number of rotatable bonds is 5. The van der Waals surface area contributed by atoms with Crippen LogP contribution in [0.15, 0.2) is 65.6 Å². The van der Waals surface area contributed by atoms with E-state index in [9.17, 15) is 4.79 Å². The van der Waals surface area contributed by atoms with E-state index in [2.05, 4.69) is 29.6 Å². The second kappa shape index (κ2) is 9.85. The molecule has 0 spiro atoms. The fourth-order valence-electron chi connectivity index (χ4n) is 3.08. The third-order valence-electron chi connectivity index (χ3n) is 4.54. The smallest absolute Gasteiger partial charge is 0.240 e. The first-order chi connectivity index (χ1) is 11.8. The van der Waals surface area contributed by atoms with Crippen LogP contribution in [0, 0.1) is 0 Å². The van der Waals surface area contributed by atoms with Gasteiger partial charge in [-0.2, -0.15) is 0 Å². The predicted octanol–water partition coefficient (Wildman–Crippen LogP) is 4.15. The van der Waals surface area contributed by atoms with Crippen molar-refractivity contribution < 1.29 is 4.79 Å². The van der Waals surface area contributed by atoms with Crippen LogP contribution in [0.1, 0.15) is 23.7 Å². The molecule has 1 saturated heterocycles. The van der Waals surface area contributed by atoms with Gasteiger partial charge < -0.3 is 10.2 Å². The van der Waals surface area contributed by atoms with Crippen molar-refractivity contribution >= 4 is 30.1 Å². The lowest BCUT2D eigenvalue weighted by Crippen LogP contribution is -2.45. The van der Waals surface area contributed by atoms with Gasteiger partial charge in [-0.15, -0.1) is 24.2 Å². The van der Waals surface area contributed by atoms with Gasteiger partial charge in [-0.05, 0) is 37.6 Å². The number of amides is 1. The molecule has 1 unspecified atom stereocenters. The molecular formula is C20H25ClN2OS. The quantitative estimate of drug-likeness (QED) is 0.795. The van der Waals surface area contributed by atoms with Gasteiger partial charge in [0.05, 0.1) is 0 Å². The zero-order valence-corrected chi connectivity index (χ0v) is 16.1. The van der Waals surface area contributed by atoms with Crippen LogP contribution in [-0.4, -0.2) is 37.0 Å². The van der Waals surface area contributed by atoms with E-state index in [4.69, 9.17) is 0 Å². The first-order valence-electron chi connectivity index (χ1n) is 8.50. The van der Waals surface area contributed by atoms with Crippen molar-refractivity contribution in [2.75, 3.05) is 20.1 Å². The minimum absolute atomic E-state index is 0. The summed E-state index contributed by atoms with van der Waals surface area (Å²) in [5.41, 5.74) is 1.08. The normalized spacial score (nSPS) is 16.1. The number of carbonyl (C=O) groups is 1. The summed E-state index contributed by atoms with van der Waals surface area (Å²) < 4.78 is 0. The number of hydrogen-bond acceptors (Lipinski definition) is 3. The summed E-state index contributed by atoms with van der Waals surface area (Å²) >= 11 is 1.64. The topological polar surface area (TPSA) is 32.3 Å². The van der Waals surface area contributed by atoms with Crippen molar-refractivity contribution in [2.24, 2.45) is 0 Å². The van der Waals surface area contributed by atoms with Crippen molar-refractivity contribution in [1.29, 1.82) is 0 Å². The molecule has 0 bridgehead atoms. The molecule has 3 rings (SSSR count). The number of halogens is 1. The second-order valence-corrected chi connectivity index (χ2v) is 7.29. The van der Waals surface area contributed by atoms with E-state index in [1.807, 2.05) is 48.3 Å². The van der Waals surface area contributed by atoms with Crippen LogP contribution in [0.2, 0.25) is 0 Å². The molecule has 25 heavy (non-hydrogen) atoms. The van der Waals surface area contributed by atoms with Gasteiger partial charge in [0.2, 0.25) is 5.91 Å². The molecule has 1 amide bonds. The first kappa shape index (κ1) is 19.8. The number of carbonyl (C=O) groups excluding carboxylic acids is 1. The maximum absolute atomic E-state index is 13.2. The molecule has 0 aliphatic carbocycles. The number of likely N-dealkylation sites (tertiary alicyclic amines) is 1. The van der Waals surface area contributed by atoms with E-state index in [-0.39, 0.29) is 23.6 Å². The molecule has 134 valence electrons. The average Bonchev–Trinajstić information content (AvgIpc) is 2.67. The van der Waals surface area contributed by atoms with Gasteiger partial charge in [-0.1, -0.05) is 48.5 Å². The Morgan fingerprint density at radius 3 is 2.16 bits per heavy atom. The van der Waals surface area contributed by atoms with Crippen molar-refractivity contribution in [3.63, 3.8) is 0 Å². The molecule has 1 heterocycles. The van der Waals surface area contributed by atoms with Gasteiger partial charge in [0.25, 0.3) is 0 Å². The highest BCUT2D eigenvalue weighted by Crippen LogP contribution is 2.37. The van der Waals surface area contributed by atoms with Crippen molar-refractivity contribution in [3.05, 3.63) is 66.2 Å². The number of benzene rings is 2. The zero-order valence-electron chi connectivity index (χ0n) is 14.4. The van der Waals surface area contributed by atoms with Crippen molar-refractivity contribution in [2.45, 2.75) is 29.0 Å². The molecule has 0 saturated carbocycles. The minimum Gasteiger partial charge on any atom is -0.341 e. The maximum atomic E-state index is 13.2. The first-order valence-corrected chi connectivity index (χ1v) is 9.38. The molecule has 2 aromatic rings. The molecule has 0 aromatic heterocycles. The summed E-state index contributed by atoms with van der Waals surface area (Å²) in [7, 11) is 2.00. The number of hydrogen-bond donors (Lipinski definition) is 1. The third kappa shape index (κ3) is 5.24. The molecule has 0 radical (unpaired) electrons. The van der Waals surface area contributed by atoms with Gasteiger partial charge in [0.15, 0.2) is 0 Å². The lowest BCUT2D eigenvalue weighted by molar-refractivity contribution is -0.131. The van der Waals surface area contributed by atoms with E-state index in [1.54, 1.807) is 11.8 Å². The van der Waals surface area contributed by atoms with Crippen LogP contribution in [0.4, 0.5) is 0 Å². The Hall–Kier alpha value is -1.49. The van der Waals surface area contributed by atoms with E-state index in [0.29, 0.717) is 6.04 Å². The highest BCUT2D eigenvalue weighted by atomic mass is 35.5. The zero-order chi connectivity index (χ0) is 16.8. The standard InChI is InChI=1S/C20H24N2OS.ClH/c1-21-17-12-14-22(15-13-17)20(23)19(16-8-4-2-5-9-16)24-18-10-6-3-7-11-18;/h2-11,17,19,21H,12-15H2,1H3;1H. The molecule has 1 fully saturated rings. The van der Waals surface area contributed by atoms with Crippen LogP contribution in [0.25, 0.3) is 0 Å². The highest BCUT2D eigenvalue weighted by molar-refractivity contribution is 8.00. The number of thioether (sulfide) groups is 1. The molecule has 1 aliphatic heterocycles. The van der Waals surface area contributed by atoms with Crippen LogP contribution < -0.4 is 5.32 Å². The molecule has 2 aromatic carbocycles. The molecule has 5 heteroatoms. The SMILES string of the molecule is CNC1CCN(C(=O)C(Sc2ccccc2)c2ccccc2)CC1.Cl. The van der Waals surface area contributed by atoms with Crippen LogP contribution in [-0.2, 0) is 4.79 Å². The molecule has 1 atom stereocenters. The Morgan fingerprint density at radius 2 is 1.60 bits per heavy atom. The average molecular weight is 377 g/mol. The van der Waals surface area contributed by atoms with Crippen molar-refractivity contribution in [1.82, 2.24) is 10.2 Å². The van der Waals surface area contributed by atoms with E-state index in [1.165, 1.54) is 0 Å². The van der Waals surface area contributed by atoms with Gasteiger partial charge in [-0.25, -0.2) is 0 Å². The summed E-state index contributed by atoms with van der Waals surface area (Å²) in [5.74, 6) is 0.226. The number of nitrogens with one attached hydrogen (secondary N) is 1. The predicted molar refractivity (Wildman–Crippen MR) is 107 cm³/mol. The summed E-state index contributed by atoms with van der Waals surface area (Å²) in [4.78, 5) is 16.3. The molecule has 3 nitrogen and oxygen atoms in total. The maximum Gasteiger partial charge on any atom is 0.240 e. The molecule has 1 N–H and O–H groups in total. The van der Waals surface area contributed by atoms with E-state index >= 15 is 0 Å². The van der Waals surface area contributed by atoms with Crippen molar-refractivity contribution in [3.8, 4) is 0 Å². The lowest BCUT2D eigenvalue weighted by Gasteiger charge is -2.34. The van der Waals surface area contributed by atoms with Crippen LogP contribution in [0.5, 0.6) is 0 Å². The number of nitrogens with zero attached hydrogens (tertiary/aromatic N) is 1. The largest absolute Gasteiger partial charge is 0.341 e. The van der Waals surface area contributed by atoms with Gasteiger partial charge in [0, 0.05) is 24.0 Å². The summed E-state index contributed by atoms with van der Waals surface area (Å²) in [6.45, 7) is 1.67. The third-order valence-corrected chi connectivity index (χ3v) is 5.79. The highest BCUT2D eigenvalue weighted by Gasteiger charge is 2.29. The van der Waals surface area contributed by atoms with E-state index < -0.39 is 0 Å². The second-order valence-electron chi connectivity index (χ2n) is 6.11. The Balaban J connectivity index is 0.00000225. The summed E-state index contributed by atoms with van der Waals surface area (Å²) in [6.07, 6.45) is 2.06.